The number of fused-ring (bicyclic) bond motifs is 1. The van der Waals surface area contributed by atoms with Crippen LogP contribution in [-0.4, -0.2) is 32.6 Å². The predicted octanol–water partition coefficient (Wildman–Crippen LogP) is 4.07. The minimum atomic E-state index is -0.433. The lowest BCUT2D eigenvalue weighted by atomic mass is 10.1. The number of benzene rings is 1. The summed E-state index contributed by atoms with van der Waals surface area (Å²) >= 11 is 1.49. The minimum absolute atomic E-state index is 0.280. The predicted molar refractivity (Wildman–Crippen MR) is 99.7 cm³/mol. The molecule has 0 saturated carbocycles. The summed E-state index contributed by atoms with van der Waals surface area (Å²) in [5.41, 5.74) is 1.67. The standard InChI is InChI=1S/C20H22O5S/c1-23-16-9-8-13(10-17(16)24-2)15(21)12-25-20(22)19-11-14-6-4-3-5-7-18(14)26-19/h8-11H,3-7,12H2,1-2H3. The first-order valence-electron chi connectivity index (χ1n) is 8.66. The number of aryl methyl sites for hydroxylation is 2. The molecular weight excluding hydrogens is 352 g/mol. The molecule has 1 aromatic carbocycles. The Balaban J connectivity index is 1.63. The third kappa shape index (κ3) is 4.07. The summed E-state index contributed by atoms with van der Waals surface area (Å²) in [4.78, 5) is 26.5. The lowest BCUT2D eigenvalue weighted by Gasteiger charge is -2.09. The van der Waals surface area contributed by atoms with Crippen molar-refractivity contribution in [1.82, 2.24) is 0 Å². The van der Waals surface area contributed by atoms with Crippen LogP contribution in [-0.2, 0) is 17.6 Å². The molecule has 138 valence electrons. The Kier molecular flexibility index (Phi) is 5.93. The average molecular weight is 374 g/mol. The van der Waals surface area contributed by atoms with E-state index in [0.717, 1.165) is 19.3 Å². The van der Waals surface area contributed by atoms with Crippen LogP contribution in [0.2, 0.25) is 0 Å². The van der Waals surface area contributed by atoms with Crippen LogP contribution in [0, 0.1) is 0 Å². The largest absolute Gasteiger partial charge is 0.493 e. The first-order valence-corrected chi connectivity index (χ1v) is 9.48. The number of Topliss-reactive ketones (excluding diaryl/α,β-unsaturated/α-hetero) is 1. The molecule has 0 saturated heterocycles. The third-order valence-corrected chi connectivity index (χ3v) is 5.70. The van der Waals surface area contributed by atoms with E-state index >= 15 is 0 Å². The van der Waals surface area contributed by atoms with E-state index < -0.39 is 5.97 Å². The normalized spacial score (nSPS) is 13.5. The van der Waals surface area contributed by atoms with Crippen LogP contribution in [0.4, 0.5) is 0 Å². The maximum Gasteiger partial charge on any atom is 0.348 e. The van der Waals surface area contributed by atoms with Gasteiger partial charge in [0.15, 0.2) is 23.9 Å². The highest BCUT2D eigenvalue weighted by Gasteiger charge is 2.19. The van der Waals surface area contributed by atoms with Crippen molar-refractivity contribution < 1.29 is 23.8 Å². The van der Waals surface area contributed by atoms with Gasteiger partial charge in [0.05, 0.1) is 14.2 Å². The zero-order valence-electron chi connectivity index (χ0n) is 15.0. The van der Waals surface area contributed by atoms with Gasteiger partial charge in [0.2, 0.25) is 0 Å². The van der Waals surface area contributed by atoms with Gasteiger partial charge in [-0.05, 0) is 55.5 Å². The van der Waals surface area contributed by atoms with E-state index in [-0.39, 0.29) is 12.4 Å². The number of methoxy groups -OCH3 is 2. The highest BCUT2D eigenvalue weighted by molar-refractivity contribution is 7.14. The summed E-state index contributed by atoms with van der Waals surface area (Å²) in [5.74, 6) is 0.294. The van der Waals surface area contributed by atoms with Gasteiger partial charge < -0.3 is 14.2 Å². The second-order valence-corrected chi connectivity index (χ2v) is 7.33. The quantitative estimate of drug-likeness (QED) is 0.433. The number of carbonyl (C=O) groups is 2. The van der Waals surface area contributed by atoms with Crippen LogP contribution < -0.4 is 9.47 Å². The van der Waals surface area contributed by atoms with Crippen molar-refractivity contribution in [2.45, 2.75) is 32.1 Å². The fraction of sp³-hybridized carbons (Fsp3) is 0.400. The Labute approximate surface area is 156 Å². The Morgan fingerprint density at radius 1 is 1.00 bits per heavy atom. The molecule has 0 amide bonds. The second kappa shape index (κ2) is 8.36. The van der Waals surface area contributed by atoms with Crippen molar-refractivity contribution in [3.63, 3.8) is 0 Å². The van der Waals surface area contributed by atoms with Gasteiger partial charge >= 0.3 is 5.97 Å². The molecule has 6 heteroatoms. The van der Waals surface area contributed by atoms with Crippen LogP contribution in [0.1, 0.15) is 49.7 Å². The molecule has 0 unspecified atom stereocenters. The molecule has 2 aromatic rings. The average Bonchev–Trinajstić information content (AvgIpc) is 2.95. The number of esters is 1. The molecule has 26 heavy (non-hydrogen) atoms. The Bertz CT molecular complexity index is 785. The first kappa shape index (κ1) is 18.5. The molecule has 0 N–H and O–H groups in total. The topological polar surface area (TPSA) is 61.8 Å². The number of hydrogen-bond acceptors (Lipinski definition) is 6. The van der Waals surface area contributed by atoms with E-state index in [2.05, 4.69) is 0 Å². The number of hydrogen-bond donors (Lipinski definition) is 0. The first-order chi connectivity index (χ1) is 12.6. The zero-order valence-corrected chi connectivity index (χ0v) is 15.8. The van der Waals surface area contributed by atoms with Crippen LogP contribution in [0.5, 0.6) is 11.5 Å². The van der Waals surface area contributed by atoms with Crippen molar-refractivity contribution in [3.8, 4) is 11.5 Å². The van der Waals surface area contributed by atoms with Crippen molar-refractivity contribution in [2.75, 3.05) is 20.8 Å². The number of rotatable bonds is 6. The molecule has 0 spiro atoms. The number of thiophene rings is 1. The van der Waals surface area contributed by atoms with E-state index in [1.54, 1.807) is 18.2 Å². The molecule has 1 aliphatic rings. The van der Waals surface area contributed by atoms with E-state index in [9.17, 15) is 9.59 Å². The van der Waals surface area contributed by atoms with Crippen LogP contribution >= 0.6 is 11.3 Å². The van der Waals surface area contributed by atoms with E-state index in [1.165, 1.54) is 48.8 Å². The zero-order chi connectivity index (χ0) is 18.5. The van der Waals surface area contributed by atoms with Gasteiger partial charge in [0.1, 0.15) is 4.88 Å². The van der Waals surface area contributed by atoms with Crippen molar-refractivity contribution in [3.05, 3.63) is 45.1 Å². The summed E-state index contributed by atoms with van der Waals surface area (Å²) in [7, 11) is 3.04. The third-order valence-electron chi connectivity index (χ3n) is 4.49. The van der Waals surface area contributed by atoms with Crippen molar-refractivity contribution >= 4 is 23.1 Å². The number of ketones is 1. The molecule has 1 heterocycles. The highest BCUT2D eigenvalue weighted by atomic mass is 32.1. The van der Waals surface area contributed by atoms with Crippen LogP contribution in [0.3, 0.4) is 0 Å². The summed E-state index contributed by atoms with van der Waals surface area (Å²) in [5, 5.41) is 0. The van der Waals surface area contributed by atoms with Crippen molar-refractivity contribution in [2.24, 2.45) is 0 Å². The van der Waals surface area contributed by atoms with E-state index in [4.69, 9.17) is 14.2 Å². The molecule has 5 nitrogen and oxygen atoms in total. The second-order valence-electron chi connectivity index (χ2n) is 6.19. The Morgan fingerprint density at radius 2 is 1.77 bits per heavy atom. The molecule has 0 atom stereocenters. The maximum absolute atomic E-state index is 12.3. The van der Waals surface area contributed by atoms with Crippen LogP contribution in [0.25, 0.3) is 0 Å². The summed E-state index contributed by atoms with van der Waals surface area (Å²) < 4.78 is 15.6. The summed E-state index contributed by atoms with van der Waals surface area (Å²) in [6.45, 7) is -0.295. The van der Waals surface area contributed by atoms with E-state index in [1.807, 2.05) is 6.07 Å². The number of carbonyl (C=O) groups excluding carboxylic acids is 2. The fourth-order valence-corrected chi connectivity index (χ4v) is 4.21. The highest BCUT2D eigenvalue weighted by Crippen LogP contribution is 2.30. The van der Waals surface area contributed by atoms with E-state index in [0.29, 0.717) is 21.9 Å². The molecular formula is C20H22O5S. The van der Waals surface area contributed by atoms with Crippen molar-refractivity contribution in [1.29, 1.82) is 0 Å². The van der Waals surface area contributed by atoms with Crippen LogP contribution in [0.15, 0.2) is 24.3 Å². The molecule has 0 aliphatic heterocycles. The molecule has 0 bridgehead atoms. The Hall–Kier alpha value is -2.34. The van der Waals surface area contributed by atoms with Gasteiger partial charge in [0.25, 0.3) is 0 Å². The smallest absolute Gasteiger partial charge is 0.348 e. The van der Waals surface area contributed by atoms with Gasteiger partial charge in [-0.3, -0.25) is 4.79 Å². The lowest BCUT2D eigenvalue weighted by Crippen LogP contribution is -2.13. The Morgan fingerprint density at radius 3 is 2.54 bits per heavy atom. The van der Waals surface area contributed by atoms with Gasteiger partial charge in [-0.2, -0.15) is 0 Å². The maximum atomic E-state index is 12.3. The molecule has 3 rings (SSSR count). The van der Waals surface area contributed by atoms with Gasteiger partial charge in [-0.25, -0.2) is 4.79 Å². The molecule has 1 aromatic heterocycles. The van der Waals surface area contributed by atoms with Gasteiger partial charge in [-0.1, -0.05) is 6.42 Å². The van der Waals surface area contributed by atoms with Gasteiger partial charge in [0, 0.05) is 10.4 Å². The molecule has 0 fully saturated rings. The molecule has 0 radical (unpaired) electrons. The SMILES string of the molecule is COc1ccc(C(=O)COC(=O)c2cc3c(s2)CCCCC3)cc1OC. The summed E-state index contributed by atoms with van der Waals surface area (Å²) in [6, 6.07) is 6.80. The summed E-state index contributed by atoms with van der Waals surface area (Å²) in [6.07, 6.45) is 5.61. The lowest BCUT2D eigenvalue weighted by molar-refractivity contribution is 0.0479. The number of ether oxygens (including phenoxy) is 3. The fourth-order valence-electron chi connectivity index (χ4n) is 3.06. The minimum Gasteiger partial charge on any atom is -0.493 e. The molecule has 1 aliphatic carbocycles. The monoisotopic (exact) mass is 374 g/mol. The van der Waals surface area contributed by atoms with Gasteiger partial charge in [-0.15, -0.1) is 11.3 Å².